The molecular weight excluding hydrogens is 428 g/mol. The monoisotopic (exact) mass is 452 g/mol. The summed E-state index contributed by atoms with van der Waals surface area (Å²) in [7, 11) is 0. The van der Waals surface area contributed by atoms with Crippen molar-refractivity contribution in [3.05, 3.63) is 95.1 Å². The van der Waals surface area contributed by atoms with Crippen LogP contribution < -0.4 is 10.0 Å². The summed E-state index contributed by atoms with van der Waals surface area (Å²) in [4.78, 5) is 5.23. The van der Waals surface area contributed by atoms with Crippen LogP contribution in [0.15, 0.2) is 92.4 Å². The van der Waals surface area contributed by atoms with Gasteiger partial charge in [-0.1, -0.05) is 59.9 Å². The van der Waals surface area contributed by atoms with Crippen LogP contribution in [0.5, 0.6) is 0 Å². The van der Waals surface area contributed by atoms with Crippen molar-refractivity contribution in [2.24, 2.45) is 0 Å². The van der Waals surface area contributed by atoms with E-state index < -0.39 is 0 Å². The SMILES string of the molecule is Cc1ccc2c(c1)N(N1c3cc(C)ccc3Sc3c(C)cccc31)c1cccc(C)c1S2. The Morgan fingerprint density at radius 3 is 1.38 bits per heavy atom. The van der Waals surface area contributed by atoms with Gasteiger partial charge < -0.3 is 0 Å². The van der Waals surface area contributed by atoms with E-state index in [2.05, 4.69) is 111 Å². The maximum atomic E-state index is 2.44. The largest absolute Gasteiger partial charge is 0.247 e. The smallest absolute Gasteiger partial charge is 0.0779 e. The van der Waals surface area contributed by atoms with Gasteiger partial charge in [-0.25, -0.2) is 10.0 Å². The predicted octanol–water partition coefficient (Wildman–Crippen LogP) is 8.74. The molecule has 2 heterocycles. The van der Waals surface area contributed by atoms with Gasteiger partial charge in [-0.15, -0.1) is 0 Å². The van der Waals surface area contributed by atoms with Crippen LogP contribution in [0.3, 0.4) is 0 Å². The van der Waals surface area contributed by atoms with Gasteiger partial charge in [0.25, 0.3) is 0 Å². The molecule has 0 saturated heterocycles. The average Bonchev–Trinajstić information content (AvgIpc) is 2.78. The molecule has 0 fully saturated rings. The Kier molecular flexibility index (Phi) is 4.56. The van der Waals surface area contributed by atoms with Gasteiger partial charge in [-0.3, -0.25) is 0 Å². The van der Waals surface area contributed by atoms with Crippen molar-refractivity contribution in [3.8, 4) is 0 Å². The number of hydrazine groups is 1. The second-order valence-electron chi connectivity index (χ2n) is 8.62. The molecule has 0 aliphatic carbocycles. The molecule has 2 aliphatic rings. The van der Waals surface area contributed by atoms with Crippen molar-refractivity contribution >= 4 is 46.3 Å². The molecule has 4 aromatic carbocycles. The summed E-state index contributed by atoms with van der Waals surface area (Å²) in [5, 5.41) is 4.88. The molecule has 32 heavy (non-hydrogen) atoms. The van der Waals surface area contributed by atoms with Gasteiger partial charge in [-0.05, 0) is 86.3 Å². The number of anilines is 4. The van der Waals surface area contributed by atoms with E-state index in [0.717, 1.165) is 0 Å². The van der Waals surface area contributed by atoms with E-state index in [4.69, 9.17) is 0 Å². The fourth-order valence-corrected chi connectivity index (χ4v) is 6.73. The third-order valence-corrected chi connectivity index (χ3v) is 8.75. The fraction of sp³-hybridized carbons (Fsp3) is 0.143. The molecule has 0 bridgehead atoms. The summed E-state index contributed by atoms with van der Waals surface area (Å²) in [6.07, 6.45) is 0. The molecular formula is C28H24N2S2. The first-order valence-corrected chi connectivity index (χ1v) is 12.5. The van der Waals surface area contributed by atoms with Crippen LogP contribution in [-0.2, 0) is 0 Å². The summed E-state index contributed by atoms with van der Waals surface area (Å²) in [5.74, 6) is 0. The number of aryl methyl sites for hydroxylation is 4. The summed E-state index contributed by atoms with van der Waals surface area (Å²) >= 11 is 3.76. The van der Waals surface area contributed by atoms with Crippen LogP contribution in [0.4, 0.5) is 22.7 Å². The Labute approximate surface area is 198 Å². The number of nitrogens with zero attached hydrogens (tertiary/aromatic N) is 2. The molecule has 0 atom stereocenters. The van der Waals surface area contributed by atoms with Crippen molar-refractivity contribution < 1.29 is 0 Å². The number of hydrogen-bond acceptors (Lipinski definition) is 4. The number of fused-ring (bicyclic) bond motifs is 4. The normalized spacial score (nSPS) is 13.9. The highest BCUT2D eigenvalue weighted by Crippen LogP contribution is 2.56. The second kappa shape index (κ2) is 7.36. The van der Waals surface area contributed by atoms with Crippen molar-refractivity contribution in [3.63, 3.8) is 0 Å². The Balaban J connectivity index is 1.69. The van der Waals surface area contributed by atoms with Crippen molar-refractivity contribution in [1.82, 2.24) is 0 Å². The Hall–Kier alpha value is -2.82. The van der Waals surface area contributed by atoms with E-state index in [-0.39, 0.29) is 0 Å². The lowest BCUT2D eigenvalue weighted by Crippen LogP contribution is -2.39. The second-order valence-corrected chi connectivity index (χ2v) is 10.7. The lowest BCUT2D eigenvalue weighted by Gasteiger charge is -2.45. The highest BCUT2D eigenvalue weighted by atomic mass is 32.2. The molecule has 6 rings (SSSR count). The van der Waals surface area contributed by atoms with Crippen molar-refractivity contribution in [1.29, 1.82) is 0 Å². The molecule has 0 N–H and O–H groups in total. The van der Waals surface area contributed by atoms with Gasteiger partial charge in [0.1, 0.15) is 0 Å². The third-order valence-electron chi connectivity index (χ3n) is 6.15. The van der Waals surface area contributed by atoms with Crippen LogP contribution in [0.25, 0.3) is 0 Å². The highest BCUT2D eigenvalue weighted by molar-refractivity contribution is 8.00. The average molecular weight is 453 g/mol. The third kappa shape index (κ3) is 2.97. The lowest BCUT2D eigenvalue weighted by molar-refractivity contribution is 0.912. The number of rotatable bonds is 1. The van der Waals surface area contributed by atoms with E-state index in [1.807, 2.05) is 23.5 Å². The van der Waals surface area contributed by atoms with Gasteiger partial charge in [0.15, 0.2) is 0 Å². The molecule has 2 nitrogen and oxygen atoms in total. The van der Waals surface area contributed by atoms with E-state index >= 15 is 0 Å². The standard InChI is InChI=1S/C28H24N2S2/c1-17-11-13-25-23(15-17)29(21-9-5-7-19(3)27(21)31-25)30-22-10-6-8-20(4)28(22)32-26-14-12-18(2)16-24(26)30/h5-16H,1-4H3. The molecule has 0 amide bonds. The summed E-state index contributed by atoms with van der Waals surface area (Å²) in [6, 6.07) is 26.9. The molecule has 4 heteroatoms. The van der Waals surface area contributed by atoms with Gasteiger partial charge in [0.2, 0.25) is 0 Å². The van der Waals surface area contributed by atoms with E-state index in [0.29, 0.717) is 0 Å². The quantitative estimate of drug-likeness (QED) is 0.285. The Bertz CT molecular complexity index is 1280. The fourth-order valence-electron chi connectivity index (χ4n) is 4.54. The van der Waals surface area contributed by atoms with Gasteiger partial charge in [0.05, 0.1) is 22.7 Å². The van der Waals surface area contributed by atoms with Crippen LogP contribution in [0.2, 0.25) is 0 Å². The molecule has 0 aromatic heterocycles. The zero-order valence-electron chi connectivity index (χ0n) is 18.6. The van der Waals surface area contributed by atoms with Crippen LogP contribution in [0.1, 0.15) is 22.3 Å². The van der Waals surface area contributed by atoms with Gasteiger partial charge in [0, 0.05) is 19.6 Å². The molecule has 4 aromatic rings. The number of hydrogen-bond donors (Lipinski definition) is 0. The van der Waals surface area contributed by atoms with Crippen LogP contribution >= 0.6 is 23.5 Å². The zero-order valence-corrected chi connectivity index (χ0v) is 20.3. The minimum absolute atomic E-state index is 1.24. The summed E-state index contributed by atoms with van der Waals surface area (Å²) in [6.45, 7) is 8.78. The lowest BCUT2D eigenvalue weighted by atomic mass is 10.1. The molecule has 0 spiro atoms. The molecule has 0 unspecified atom stereocenters. The van der Waals surface area contributed by atoms with Crippen molar-refractivity contribution in [2.45, 2.75) is 47.3 Å². The first-order valence-electron chi connectivity index (χ1n) is 10.9. The minimum Gasteiger partial charge on any atom is -0.247 e. The van der Waals surface area contributed by atoms with Crippen LogP contribution in [0, 0.1) is 27.7 Å². The van der Waals surface area contributed by atoms with Gasteiger partial charge in [-0.2, -0.15) is 0 Å². The maximum Gasteiger partial charge on any atom is 0.0779 e. The predicted molar refractivity (Wildman–Crippen MR) is 137 cm³/mol. The van der Waals surface area contributed by atoms with E-state index in [1.54, 1.807) is 0 Å². The molecule has 0 saturated carbocycles. The molecule has 2 aliphatic heterocycles. The van der Waals surface area contributed by atoms with Gasteiger partial charge >= 0.3 is 0 Å². The summed E-state index contributed by atoms with van der Waals surface area (Å²) in [5.41, 5.74) is 10.1. The Morgan fingerprint density at radius 1 is 0.500 bits per heavy atom. The summed E-state index contributed by atoms with van der Waals surface area (Å²) < 4.78 is 0. The highest BCUT2D eigenvalue weighted by Gasteiger charge is 2.35. The minimum atomic E-state index is 1.24. The van der Waals surface area contributed by atoms with Crippen molar-refractivity contribution in [2.75, 3.05) is 10.0 Å². The first kappa shape index (κ1) is 19.8. The van der Waals surface area contributed by atoms with E-state index in [9.17, 15) is 0 Å². The zero-order chi connectivity index (χ0) is 22.0. The molecule has 0 radical (unpaired) electrons. The van der Waals surface area contributed by atoms with E-state index in [1.165, 1.54) is 64.6 Å². The Morgan fingerprint density at radius 2 is 0.938 bits per heavy atom. The topological polar surface area (TPSA) is 6.48 Å². The van der Waals surface area contributed by atoms with Crippen LogP contribution in [-0.4, -0.2) is 0 Å². The molecule has 158 valence electrons. The first-order chi connectivity index (χ1) is 15.5. The maximum absolute atomic E-state index is 2.44. The number of benzene rings is 4.